The van der Waals surface area contributed by atoms with Gasteiger partial charge in [-0.1, -0.05) is 0 Å². The molecule has 2 radical (unpaired) electrons. The molecule has 0 atom stereocenters. The van der Waals surface area contributed by atoms with Gasteiger partial charge >= 0.3 is 27.3 Å². The maximum atomic E-state index is 7.99. The molecule has 7 heavy (non-hydrogen) atoms. The van der Waals surface area contributed by atoms with Gasteiger partial charge in [0.25, 0.3) is 0 Å². The minimum atomic E-state index is -3.52. The van der Waals surface area contributed by atoms with Crippen LogP contribution in [0.3, 0.4) is 0 Å². The summed E-state index contributed by atoms with van der Waals surface area (Å²) >= 11 is 0. The molecule has 0 bridgehead atoms. The first-order valence-electron chi connectivity index (χ1n) is 1.44. The predicted molar refractivity (Wildman–Crippen MR) is 33.9 cm³/mol. The summed E-state index contributed by atoms with van der Waals surface area (Å²) in [6.45, 7) is 1.38. The summed E-state index contributed by atoms with van der Waals surface area (Å²) in [7, 11) is -3.52. The topological polar surface area (TPSA) is 60.7 Å². The Morgan fingerprint density at radius 3 is 1.43 bits per heavy atom. The summed E-state index contributed by atoms with van der Waals surface area (Å²) in [5.74, 6) is 0.965. The number of rotatable bonds is 0. The van der Waals surface area contributed by atoms with Crippen molar-refractivity contribution in [1.82, 2.24) is 0 Å². The first kappa shape index (κ1) is 11.0. The van der Waals surface area contributed by atoms with Crippen molar-refractivity contribution in [1.29, 1.82) is 0 Å². The summed E-state index contributed by atoms with van der Waals surface area (Å²) < 4.78 is 0. The van der Waals surface area contributed by atoms with Gasteiger partial charge in [0.15, 0.2) is 0 Å². The van der Waals surface area contributed by atoms with Crippen molar-refractivity contribution in [3.8, 4) is 0 Å². The Labute approximate surface area is 62.4 Å². The van der Waals surface area contributed by atoms with Crippen LogP contribution in [0.25, 0.3) is 0 Å². The normalized spacial score (nSPS) is 9.71. The van der Waals surface area contributed by atoms with E-state index < -0.39 is 7.57 Å². The van der Waals surface area contributed by atoms with Crippen molar-refractivity contribution in [3.63, 3.8) is 0 Å². The van der Waals surface area contributed by atoms with E-state index in [1.165, 1.54) is 6.92 Å². The second-order valence-corrected chi connectivity index (χ2v) is 2.62. The van der Waals surface area contributed by atoms with E-state index in [4.69, 9.17) is 14.7 Å². The minimum absolute atomic E-state index is 0. The molecule has 0 heterocycles. The molecule has 0 aliphatic heterocycles. The average molecular weight is 319 g/mol. The molecule has 0 aliphatic rings. The molecule has 3 N–H and O–H groups in total. The fourth-order valence-corrected chi connectivity index (χ4v) is 0. The van der Waals surface area contributed by atoms with Crippen LogP contribution >= 0.6 is 7.57 Å². The Hall–Kier alpha value is 1.10. The molecule has 0 rings (SSSR count). The van der Waals surface area contributed by atoms with Crippen molar-refractivity contribution < 1.29 is 14.7 Å². The van der Waals surface area contributed by atoms with Gasteiger partial charge in [0.05, 0.1) is 0 Å². The van der Waals surface area contributed by atoms with Crippen molar-refractivity contribution in [3.05, 3.63) is 0 Å². The molecule has 0 fully saturated rings. The van der Waals surface area contributed by atoms with Gasteiger partial charge in [-0.05, 0) is 12.7 Å². The molecule has 0 saturated heterocycles. The van der Waals surface area contributed by atoms with Crippen LogP contribution in [-0.2, 0) is 0 Å². The van der Waals surface area contributed by atoms with Gasteiger partial charge in [-0.25, -0.2) is 0 Å². The summed E-state index contributed by atoms with van der Waals surface area (Å²) in [5.41, 5.74) is 0. The fourth-order valence-electron chi connectivity index (χ4n) is 0. The Morgan fingerprint density at radius 1 is 1.29 bits per heavy atom. The van der Waals surface area contributed by atoms with Gasteiger partial charge < -0.3 is 14.7 Å². The average Bonchev–Trinajstić information content (AvgIpc) is 1.35. The number of hydrogen-bond acceptors (Lipinski definition) is 3. The Balaban J connectivity index is 0. The molecule has 0 amide bonds. The van der Waals surface area contributed by atoms with Crippen LogP contribution in [0.5, 0.6) is 0 Å². The molecule has 0 aromatic heterocycles. The van der Waals surface area contributed by atoms with Gasteiger partial charge in [-0.15, -0.1) is 0 Å². The van der Waals surface area contributed by atoms with E-state index in [0.717, 1.165) is 5.80 Å². The van der Waals surface area contributed by atoms with Gasteiger partial charge in [-0.2, -0.15) is 0 Å². The fraction of sp³-hybridized carbons (Fsp3) is 0.500. The summed E-state index contributed by atoms with van der Waals surface area (Å²) in [6, 6.07) is 0. The zero-order valence-corrected chi connectivity index (χ0v) is 10.5. The van der Waals surface area contributed by atoms with Crippen LogP contribution < -0.4 is 0 Å². The first-order valence-corrected chi connectivity index (χ1v) is 3.15. The Kier molecular flexibility index (Phi) is 6.32. The zero-order chi connectivity index (χ0) is 5.21. The van der Waals surface area contributed by atoms with Gasteiger partial charge in [-0.3, -0.25) is 0 Å². The van der Waals surface area contributed by atoms with Crippen LogP contribution in [0.2, 0.25) is 0 Å². The van der Waals surface area contributed by atoms with E-state index >= 15 is 0 Å². The van der Waals surface area contributed by atoms with Crippen LogP contribution in [0.1, 0.15) is 6.92 Å². The van der Waals surface area contributed by atoms with Crippen LogP contribution in [0.4, 0.5) is 0 Å². The Bertz CT molecular complexity index is 76.7. The third-order valence-corrected chi connectivity index (χ3v) is 1.04. The molecular formula is C2H9O3PPb. The maximum absolute atomic E-state index is 7.99. The Morgan fingerprint density at radius 2 is 1.43 bits per heavy atom. The standard InChI is InChI=1S/C2H7O3P.Pb.2H/c1-2-6(3,4)5;;;/h2-5H,1H3;;;. The van der Waals surface area contributed by atoms with E-state index in [-0.39, 0.29) is 27.3 Å². The quantitative estimate of drug-likeness (QED) is 0.381. The summed E-state index contributed by atoms with van der Waals surface area (Å²) in [5, 5.41) is 0. The molecule has 0 aromatic carbocycles. The van der Waals surface area contributed by atoms with Gasteiger partial charge in [0.1, 0.15) is 0 Å². The van der Waals surface area contributed by atoms with E-state index in [1.807, 2.05) is 0 Å². The second kappa shape index (κ2) is 4.03. The molecular weight excluding hydrogens is 310 g/mol. The summed E-state index contributed by atoms with van der Waals surface area (Å²) in [6.07, 6.45) is 0. The molecule has 0 aromatic rings. The first-order chi connectivity index (χ1) is 2.56. The summed E-state index contributed by atoms with van der Waals surface area (Å²) in [4.78, 5) is 24.0. The third kappa shape index (κ3) is 11.0. The molecule has 0 aliphatic carbocycles. The third-order valence-electron chi connectivity index (χ3n) is 0.346. The predicted octanol–water partition coefficient (Wildman–Crippen LogP) is -1.37. The monoisotopic (exact) mass is 320 g/mol. The van der Waals surface area contributed by atoms with E-state index in [1.54, 1.807) is 0 Å². The van der Waals surface area contributed by atoms with Crippen molar-refractivity contribution in [2.75, 3.05) is 0 Å². The second-order valence-electron chi connectivity index (χ2n) is 0.873. The van der Waals surface area contributed by atoms with E-state index in [0.29, 0.717) is 0 Å². The van der Waals surface area contributed by atoms with Crippen molar-refractivity contribution in [2.24, 2.45) is 0 Å². The van der Waals surface area contributed by atoms with Crippen molar-refractivity contribution >= 4 is 40.7 Å². The molecule has 0 saturated carbocycles. The zero-order valence-electron chi connectivity index (χ0n) is 4.07. The molecule has 0 spiro atoms. The van der Waals surface area contributed by atoms with Crippen molar-refractivity contribution in [2.45, 2.75) is 6.92 Å². The number of hydrogen-bond donors (Lipinski definition) is 3. The van der Waals surface area contributed by atoms with Crippen LogP contribution in [0, 0.1) is 0 Å². The van der Waals surface area contributed by atoms with Crippen LogP contribution in [-0.4, -0.2) is 47.8 Å². The van der Waals surface area contributed by atoms with E-state index in [2.05, 4.69) is 0 Å². The molecule has 5 heteroatoms. The molecule has 44 valence electrons. The van der Waals surface area contributed by atoms with E-state index in [9.17, 15) is 0 Å². The molecule has 0 unspecified atom stereocenters. The van der Waals surface area contributed by atoms with Gasteiger partial charge in [0.2, 0.25) is 7.57 Å². The van der Waals surface area contributed by atoms with Crippen LogP contribution in [0.15, 0.2) is 0 Å². The van der Waals surface area contributed by atoms with Gasteiger partial charge in [0, 0.05) is 0 Å². The SMILES string of the molecule is CC=P(O)(O)O.[PbH2]. The molecule has 3 nitrogen and oxygen atoms in total.